The highest BCUT2D eigenvalue weighted by Gasteiger charge is 2.21. The van der Waals surface area contributed by atoms with Gasteiger partial charge in [0.1, 0.15) is 0 Å². The van der Waals surface area contributed by atoms with E-state index in [9.17, 15) is 0 Å². The van der Waals surface area contributed by atoms with Gasteiger partial charge in [0.15, 0.2) is 0 Å². The monoisotopic (exact) mass is 261 g/mol. The highest BCUT2D eigenvalue weighted by atomic mass is 15.2. The number of likely N-dealkylation sites (N-methyl/N-ethyl adjacent to an activating group) is 1. The Bertz CT molecular complexity index is 416. The van der Waals surface area contributed by atoms with Gasteiger partial charge in [-0.15, -0.1) is 0 Å². The lowest BCUT2D eigenvalue weighted by Gasteiger charge is -2.33. The summed E-state index contributed by atoms with van der Waals surface area (Å²) >= 11 is 0. The molecule has 0 amide bonds. The second kappa shape index (κ2) is 6.51. The number of piperazine rings is 1. The fourth-order valence-electron chi connectivity index (χ4n) is 3.05. The Labute approximate surface area is 117 Å². The third-order valence-corrected chi connectivity index (χ3v) is 4.13. The molecule has 1 saturated heterocycles. The molecule has 1 aliphatic rings. The summed E-state index contributed by atoms with van der Waals surface area (Å²) in [4.78, 5) is 2.41. The normalized spacial score (nSPS) is 22.4. The van der Waals surface area contributed by atoms with Gasteiger partial charge in [-0.1, -0.05) is 23.8 Å². The van der Waals surface area contributed by atoms with Gasteiger partial charge in [0.25, 0.3) is 0 Å². The Morgan fingerprint density at radius 3 is 2.84 bits per heavy atom. The van der Waals surface area contributed by atoms with E-state index >= 15 is 0 Å². The summed E-state index contributed by atoms with van der Waals surface area (Å²) < 4.78 is 0. The summed E-state index contributed by atoms with van der Waals surface area (Å²) in [5, 5.41) is 7.12. The van der Waals surface area contributed by atoms with E-state index in [1.54, 1.807) is 0 Å². The minimum Gasteiger partial charge on any atom is -0.313 e. The van der Waals surface area contributed by atoms with Crippen molar-refractivity contribution in [1.82, 2.24) is 15.5 Å². The number of rotatable bonds is 4. The second-order valence-corrected chi connectivity index (χ2v) is 5.85. The molecule has 1 aliphatic heterocycles. The van der Waals surface area contributed by atoms with Gasteiger partial charge in [0.2, 0.25) is 0 Å². The molecule has 3 heteroatoms. The topological polar surface area (TPSA) is 27.3 Å². The van der Waals surface area contributed by atoms with Gasteiger partial charge in [-0.3, -0.25) is 0 Å². The van der Waals surface area contributed by atoms with E-state index in [4.69, 9.17) is 0 Å². The van der Waals surface area contributed by atoms with E-state index in [1.807, 2.05) is 0 Å². The van der Waals surface area contributed by atoms with Crippen molar-refractivity contribution in [2.24, 2.45) is 0 Å². The molecule has 0 saturated carbocycles. The Morgan fingerprint density at radius 2 is 2.21 bits per heavy atom. The quantitative estimate of drug-likeness (QED) is 0.866. The molecule has 1 heterocycles. The Kier molecular flexibility index (Phi) is 4.97. The molecule has 1 aromatic rings. The van der Waals surface area contributed by atoms with Crippen molar-refractivity contribution in [3.05, 3.63) is 34.9 Å². The highest BCUT2D eigenvalue weighted by Crippen LogP contribution is 2.23. The maximum atomic E-state index is 3.63. The molecule has 0 spiro atoms. The van der Waals surface area contributed by atoms with Crippen LogP contribution in [0.1, 0.15) is 29.2 Å². The number of hydrogen-bond acceptors (Lipinski definition) is 3. The standard InChI is InChI=1S/C16H27N3/c1-12-5-6-15(13(2)9-12)16(17-3)10-14-11-19(4)8-7-18-14/h5-6,9,14,16-18H,7-8,10-11H2,1-4H3. The highest BCUT2D eigenvalue weighted by molar-refractivity contribution is 5.32. The predicted molar refractivity (Wildman–Crippen MR) is 81.6 cm³/mol. The van der Waals surface area contributed by atoms with Gasteiger partial charge in [0.05, 0.1) is 0 Å². The van der Waals surface area contributed by atoms with Crippen LogP contribution in [0.3, 0.4) is 0 Å². The molecule has 2 N–H and O–H groups in total. The summed E-state index contributed by atoms with van der Waals surface area (Å²) in [5.74, 6) is 0. The SMILES string of the molecule is CNC(CC1CN(C)CCN1)c1ccc(C)cc1C. The summed E-state index contributed by atoms with van der Waals surface area (Å²) in [6.07, 6.45) is 1.14. The molecule has 2 atom stereocenters. The van der Waals surface area contributed by atoms with E-state index < -0.39 is 0 Å². The van der Waals surface area contributed by atoms with Crippen LogP contribution >= 0.6 is 0 Å². The lowest BCUT2D eigenvalue weighted by molar-refractivity contribution is 0.222. The first-order valence-corrected chi connectivity index (χ1v) is 7.26. The van der Waals surface area contributed by atoms with Crippen LogP contribution in [-0.4, -0.2) is 44.7 Å². The van der Waals surface area contributed by atoms with Gasteiger partial charge in [-0.2, -0.15) is 0 Å². The second-order valence-electron chi connectivity index (χ2n) is 5.85. The molecule has 1 fully saturated rings. The summed E-state index contributed by atoms with van der Waals surface area (Å²) in [7, 11) is 4.27. The van der Waals surface area contributed by atoms with Crippen molar-refractivity contribution in [2.75, 3.05) is 33.7 Å². The molecule has 0 aromatic heterocycles. The van der Waals surface area contributed by atoms with Crippen molar-refractivity contribution >= 4 is 0 Å². The lowest BCUT2D eigenvalue weighted by Crippen LogP contribution is -2.50. The number of hydrogen-bond donors (Lipinski definition) is 2. The van der Waals surface area contributed by atoms with Gasteiger partial charge < -0.3 is 15.5 Å². The van der Waals surface area contributed by atoms with Crippen LogP contribution in [-0.2, 0) is 0 Å². The fraction of sp³-hybridized carbons (Fsp3) is 0.625. The maximum Gasteiger partial charge on any atom is 0.0335 e. The Morgan fingerprint density at radius 1 is 1.42 bits per heavy atom. The van der Waals surface area contributed by atoms with Crippen LogP contribution in [0.2, 0.25) is 0 Å². The molecule has 106 valence electrons. The van der Waals surface area contributed by atoms with Crippen LogP contribution in [0, 0.1) is 13.8 Å². The van der Waals surface area contributed by atoms with Crippen LogP contribution in [0.15, 0.2) is 18.2 Å². The number of aryl methyl sites for hydroxylation is 2. The fourth-order valence-corrected chi connectivity index (χ4v) is 3.05. The first kappa shape index (κ1) is 14.5. The molecule has 0 aliphatic carbocycles. The van der Waals surface area contributed by atoms with Gasteiger partial charge in [0, 0.05) is 31.7 Å². The van der Waals surface area contributed by atoms with Crippen molar-refractivity contribution in [2.45, 2.75) is 32.4 Å². The zero-order valence-electron chi connectivity index (χ0n) is 12.7. The zero-order chi connectivity index (χ0) is 13.8. The molecule has 19 heavy (non-hydrogen) atoms. The minimum atomic E-state index is 0.435. The zero-order valence-corrected chi connectivity index (χ0v) is 12.7. The summed E-state index contributed by atoms with van der Waals surface area (Å²) in [5.41, 5.74) is 4.17. The van der Waals surface area contributed by atoms with Crippen molar-refractivity contribution < 1.29 is 0 Å². The molecule has 1 aromatic carbocycles. The van der Waals surface area contributed by atoms with E-state index in [-0.39, 0.29) is 0 Å². The summed E-state index contributed by atoms with van der Waals surface area (Å²) in [6, 6.07) is 7.78. The van der Waals surface area contributed by atoms with Crippen LogP contribution in [0.25, 0.3) is 0 Å². The molecular weight excluding hydrogens is 234 g/mol. The molecule has 2 unspecified atom stereocenters. The van der Waals surface area contributed by atoms with Gasteiger partial charge in [-0.05, 0) is 45.5 Å². The van der Waals surface area contributed by atoms with E-state index in [2.05, 4.69) is 61.7 Å². The third-order valence-electron chi connectivity index (χ3n) is 4.13. The number of nitrogens with zero attached hydrogens (tertiary/aromatic N) is 1. The van der Waals surface area contributed by atoms with Gasteiger partial charge >= 0.3 is 0 Å². The van der Waals surface area contributed by atoms with Crippen LogP contribution < -0.4 is 10.6 Å². The van der Waals surface area contributed by atoms with Gasteiger partial charge in [-0.25, -0.2) is 0 Å². The average Bonchev–Trinajstić information content (AvgIpc) is 2.37. The average molecular weight is 261 g/mol. The Hall–Kier alpha value is -0.900. The van der Waals surface area contributed by atoms with Crippen molar-refractivity contribution in [1.29, 1.82) is 0 Å². The minimum absolute atomic E-state index is 0.435. The maximum absolute atomic E-state index is 3.63. The van der Waals surface area contributed by atoms with E-state index in [1.165, 1.54) is 16.7 Å². The molecule has 0 bridgehead atoms. The van der Waals surface area contributed by atoms with Crippen LogP contribution in [0.5, 0.6) is 0 Å². The smallest absolute Gasteiger partial charge is 0.0335 e. The number of benzene rings is 1. The van der Waals surface area contributed by atoms with E-state index in [0.717, 1.165) is 26.1 Å². The lowest BCUT2D eigenvalue weighted by atomic mass is 9.94. The van der Waals surface area contributed by atoms with Crippen LogP contribution in [0.4, 0.5) is 0 Å². The van der Waals surface area contributed by atoms with E-state index in [0.29, 0.717) is 12.1 Å². The molecule has 2 rings (SSSR count). The molecular formula is C16H27N3. The Balaban J connectivity index is 2.07. The first-order chi connectivity index (χ1) is 9.10. The third kappa shape index (κ3) is 3.78. The number of nitrogens with one attached hydrogen (secondary N) is 2. The summed E-state index contributed by atoms with van der Waals surface area (Å²) in [6.45, 7) is 7.77. The first-order valence-electron chi connectivity index (χ1n) is 7.26. The van der Waals surface area contributed by atoms with Crippen molar-refractivity contribution in [3.8, 4) is 0 Å². The predicted octanol–water partition coefficient (Wildman–Crippen LogP) is 1.86. The molecule has 3 nitrogen and oxygen atoms in total. The van der Waals surface area contributed by atoms with Crippen molar-refractivity contribution in [3.63, 3.8) is 0 Å². The molecule has 0 radical (unpaired) electrons. The largest absolute Gasteiger partial charge is 0.313 e.